The SMILES string of the molecule is CCCCCCCCCCCCCCCCCCCCCC[C@@H](O)[C@@H](O)C(CO)NC(=O)[C@H](O)CCCCCCCCC1CC1CCCC. The number of hydrogen-bond acceptors (Lipinski definition) is 5. The molecule has 3 unspecified atom stereocenters. The first-order valence-electron chi connectivity index (χ1n) is 21.9. The van der Waals surface area contributed by atoms with Gasteiger partial charge in [-0.25, -0.2) is 0 Å². The summed E-state index contributed by atoms with van der Waals surface area (Å²) in [6, 6.07) is -0.977. The summed E-state index contributed by atoms with van der Waals surface area (Å²) in [7, 11) is 0. The van der Waals surface area contributed by atoms with Gasteiger partial charge in [0.1, 0.15) is 12.2 Å². The molecule has 1 aliphatic carbocycles. The second kappa shape index (κ2) is 33.2. The Morgan fingerprint density at radius 3 is 1.33 bits per heavy atom. The van der Waals surface area contributed by atoms with Crippen molar-refractivity contribution in [2.75, 3.05) is 6.61 Å². The molecule has 0 spiro atoms. The van der Waals surface area contributed by atoms with Crippen molar-refractivity contribution in [3.05, 3.63) is 0 Å². The molecule has 0 saturated heterocycles. The summed E-state index contributed by atoms with van der Waals surface area (Å²) in [4.78, 5) is 12.5. The minimum absolute atomic E-state index is 0.378. The van der Waals surface area contributed by atoms with Gasteiger partial charge in [0.15, 0.2) is 0 Å². The highest BCUT2D eigenvalue weighted by molar-refractivity contribution is 5.80. The van der Waals surface area contributed by atoms with Gasteiger partial charge in [0.2, 0.25) is 5.91 Å². The average Bonchev–Trinajstić information content (AvgIpc) is 3.87. The molecule has 1 saturated carbocycles. The van der Waals surface area contributed by atoms with E-state index < -0.39 is 36.9 Å². The molecular weight excluding hydrogens is 610 g/mol. The Kier molecular flexibility index (Phi) is 31.4. The third-order valence-electron chi connectivity index (χ3n) is 11.3. The number of aliphatic hydroxyl groups excluding tert-OH is 4. The van der Waals surface area contributed by atoms with E-state index >= 15 is 0 Å². The van der Waals surface area contributed by atoms with Gasteiger partial charge < -0.3 is 25.7 Å². The first kappa shape index (κ1) is 46.3. The predicted octanol–water partition coefficient (Wildman–Crippen LogP) is 10.7. The molecule has 1 aliphatic rings. The van der Waals surface area contributed by atoms with Crippen LogP contribution in [0.4, 0.5) is 0 Å². The van der Waals surface area contributed by atoms with Crippen LogP contribution in [0, 0.1) is 11.8 Å². The van der Waals surface area contributed by atoms with Crippen molar-refractivity contribution in [2.24, 2.45) is 11.8 Å². The van der Waals surface area contributed by atoms with E-state index in [1.807, 2.05) is 0 Å². The molecule has 49 heavy (non-hydrogen) atoms. The Balaban J connectivity index is 1.93. The zero-order valence-electron chi connectivity index (χ0n) is 32.7. The molecule has 0 radical (unpaired) electrons. The van der Waals surface area contributed by atoms with Gasteiger partial charge >= 0.3 is 0 Å². The Labute approximate surface area is 304 Å². The van der Waals surface area contributed by atoms with Crippen molar-refractivity contribution in [3.8, 4) is 0 Å². The number of rotatable bonds is 38. The molecule has 6 atom stereocenters. The van der Waals surface area contributed by atoms with E-state index in [-0.39, 0.29) is 0 Å². The van der Waals surface area contributed by atoms with Gasteiger partial charge in [-0.2, -0.15) is 0 Å². The minimum Gasteiger partial charge on any atom is -0.394 e. The van der Waals surface area contributed by atoms with E-state index in [2.05, 4.69) is 19.2 Å². The van der Waals surface area contributed by atoms with Crippen molar-refractivity contribution in [3.63, 3.8) is 0 Å². The number of nitrogens with one attached hydrogen (secondary N) is 1. The van der Waals surface area contributed by atoms with Crippen LogP contribution in [0.2, 0.25) is 0 Å². The number of aliphatic hydroxyl groups is 4. The molecule has 5 N–H and O–H groups in total. The van der Waals surface area contributed by atoms with E-state index in [1.54, 1.807) is 0 Å². The van der Waals surface area contributed by atoms with Gasteiger partial charge in [0, 0.05) is 0 Å². The van der Waals surface area contributed by atoms with Crippen LogP contribution >= 0.6 is 0 Å². The highest BCUT2D eigenvalue weighted by Gasteiger charge is 2.35. The smallest absolute Gasteiger partial charge is 0.249 e. The quantitative estimate of drug-likeness (QED) is 0.0413. The molecule has 0 aromatic heterocycles. The summed E-state index contributed by atoms with van der Waals surface area (Å²) in [6.45, 7) is 4.08. The molecule has 292 valence electrons. The van der Waals surface area contributed by atoms with Gasteiger partial charge in [-0.1, -0.05) is 206 Å². The fourth-order valence-corrected chi connectivity index (χ4v) is 7.63. The normalized spacial score (nSPS) is 18.3. The number of hydrogen-bond donors (Lipinski definition) is 5. The maximum absolute atomic E-state index is 12.5. The molecular formula is C43H85NO5. The Bertz CT molecular complexity index is 720. The fraction of sp³-hybridized carbons (Fsp3) is 0.977. The standard InChI is InChI=1S/C43H85NO5/c1-3-5-7-8-9-10-11-12-13-14-15-16-17-18-19-20-21-22-26-29-33-40(46)42(48)39(36-45)44-43(49)41(47)34-30-27-24-23-25-28-32-38-35-37(38)31-6-4-2/h37-42,45-48H,3-36H2,1-2H3,(H,44,49)/t37?,38?,39?,40-,41-,42+/m1/s1. The molecule has 0 aromatic carbocycles. The zero-order valence-corrected chi connectivity index (χ0v) is 32.7. The molecule has 0 heterocycles. The lowest BCUT2D eigenvalue weighted by Gasteiger charge is -2.27. The van der Waals surface area contributed by atoms with Crippen LogP contribution in [-0.4, -0.2) is 57.3 Å². The first-order valence-corrected chi connectivity index (χ1v) is 21.9. The second-order valence-corrected chi connectivity index (χ2v) is 16.0. The van der Waals surface area contributed by atoms with Crippen molar-refractivity contribution in [2.45, 2.75) is 250 Å². The number of unbranched alkanes of at least 4 members (excludes halogenated alkanes) is 25. The molecule has 1 amide bonds. The lowest BCUT2D eigenvalue weighted by atomic mass is 9.99. The largest absolute Gasteiger partial charge is 0.394 e. The van der Waals surface area contributed by atoms with E-state index in [9.17, 15) is 25.2 Å². The van der Waals surface area contributed by atoms with E-state index in [4.69, 9.17) is 0 Å². The summed E-state index contributed by atoms with van der Waals surface area (Å²) >= 11 is 0. The summed E-state index contributed by atoms with van der Waals surface area (Å²) in [5.41, 5.74) is 0. The van der Waals surface area contributed by atoms with Crippen LogP contribution in [0.25, 0.3) is 0 Å². The highest BCUT2D eigenvalue weighted by atomic mass is 16.3. The monoisotopic (exact) mass is 696 g/mol. The summed E-state index contributed by atoms with van der Waals surface area (Å²) < 4.78 is 0. The Morgan fingerprint density at radius 1 is 0.531 bits per heavy atom. The lowest BCUT2D eigenvalue weighted by molar-refractivity contribution is -0.132. The molecule has 0 aliphatic heterocycles. The van der Waals surface area contributed by atoms with E-state index in [1.165, 1.54) is 161 Å². The maximum atomic E-state index is 12.5. The van der Waals surface area contributed by atoms with Crippen molar-refractivity contribution in [1.82, 2.24) is 5.32 Å². The number of carbonyl (C=O) groups is 1. The van der Waals surface area contributed by atoms with Gasteiger partial charge in [0.25, 0.3) is 0 Å². The molecule has 1 rings (SSSR count). The maximum Gasteiger partial charge on any atom is 0.249 e. The predicted molar refractivity (Wildman–Crippen MR) is 208 cm³/mol. The van der Waals surface area contributed by atoms with Crippen molar-refractivity contribution < 1.29 is 25.2 Å². The topological polar surface area (TPSA) is 110 Å². The van der Waals surface area contributed by atoms with Crippen LogP contribution in [-0.2, 0) is 4.79 Å². The number of carbonyl (C=O) groups excluding carboxylic acids is 1. The molecule has 1 fully saturated rings. The van der Waals surface area contributed by atoms with Gasteiger partial charge in [-0.05, 0) is 31.1 Å². The second-order valence-electron chi connectivity index (χ2n) is 16.0. The molecule has 0 aromatic rings. The van der Waals surface area contributed by atoms with Crippen LogP contribution < -0.4 is 5.32 Å². The molecule has 0 bridgehead atoms. The van der Waals surface area contributed by atoms with Crippen LogP contribution in [0.5, 0.6) is 0 Å². The number of amides is 1. The van der Waals surface area contributed by atoms with Crippen LogP contribution in [0.15, 0.2) is 0 Å². The van der Waals surface area contributed by atoms with E-state index in [0.29, 0.717) is 12.8 Å². The summed E-state index contributed by atoms with van der Waals surface area (Å²) in [5.74, 6) is 1.42. The molecule has 6 heteroatoms. The third-order valence-corrected chi connectivity index (χ3v) is 11.3. The Hall–Kier alpha value is -0.690. The summed E-state index contributed by atoms with van der Waals surface area (Å²) in [6.07, 6.45) is 37.4. The third kappa shape index (κ3) is 26.7. The minimum atomic E-state index is -1.25. The van der Waals surface area contributed by atoms with Crippen molar-refractivity contribution >= 4 is 5.91 Å². The highest BCUT2D eigenvalue weighted by Crippen LogP contribution is 2.45. The van der Waals surface area contributed by atoms with Gasteiger partial charge in [-0.3, -0.25) is 4.79 Å². The zero-order chi connectivity index (χ0) is 35.8. The van der Waals surface area contributed by atoms with Gasteiger partial charge in [-0.15, -0.1) is 0 Å². The molecule has 6 nitrogen and oxygen atoms in total. The van der Waals surface area contributed by atoms with Crippen LogP contribution in [0.1, 0.15) is 226 Å². The van der Waals surface area contributed by atoms with Crippen molar-refractivity contribution in [1.29, 1.82) is 0 Å². The fourth-order valence-electron chi connectivity index (χ4n) is 7.63. The van der Waals surface area contributed by atoms with Gasteiger partial charge in [0.05, 0.1) is 18.8 Å². The Morgan fingerprint density at radius 2 is 0.898 bits per heavy atom. The lowest BCUT2D eigenvalue weighted by Crippen LogP contribution is -2.53. The summed E-state index contributed by atoms with van der Waals surface area (Å²) in [5, 5.41) is 43.7. The van der Waals surface area contributed by atoms with Crippen LogP contribution in [0.3, 0.4) is 0 Å². The average molecular weight is 696 g/mol. The first-order chi connectivity index (χ1) is 23.9. The van der Waals surface area contributed by atoms with E-state index in [0.717, 1.165) is 50.4 Å².